The molecule has 3 aromatic carbocycles. The lowest BCUT2D eigenvalue weighted by Gasteiger charge is -2.12. The van der Waals surface area contributed by atoms with E-state index in [0.29, 0.717) is 24.3 Å². The summed E-state index contributed by atoms with van der Waals surface area (Å²) in [6.07, 6.45) is 2.70. The zero-order valence-electron chi connectivity index (χ0n) is 17.3. The predicted octanol–water partition coefficient (Wildman–Crippen LogP) is 5.27. The number of rotatable bonds is 11. The van der Waals surface area contributed by atoms with Crippen molar-refractivity contribution < 1.29 is 19.4 Å². The van der Waals surface area contributed by atoms with Gasteiger partial charge in [0.25, 0.3) is 0 Å². The number of aliphatic hydroxyl groups excluding tert-OH is 1. The summed E-state index contributed by atoms with van der Waals surface area (Å²) in [4.78, 5) is 12.6. The molecule has 0 fully saturated rings. The van der Waals surface area contributed by atoms with Gasteiger partial charge in [0.05, 0.1) is 13.7 Å². The largest absolute Gasteiger partial charge is 0.496 e. The van der Waals surface area contributed by atoms with Gasteiger partial charge >= 0.3 is 0 Å². The molecule has 0 unspecified atom stereocenters. The number of benzene rings is 3. The third-order valence-corrected chi connectivity index (χ3v) is 5.00. The molecular weight excluding hydrogens is 376 g/mol. The summed E-state index contributed by atoms with van der Waals surface area (Å²) in [5.74, 6) is 0.817. The molecule has 30 heavy (non-hydrogen) atoms. The molecule has 4 heteroatoms. The van der Waals surface area contributed by atoms with Crippen molar-refractivity contribution in [1.82, 2.24) is 0 Å². The number of carbonyl (C=O) groups is 1. The van der Waals surface area contributed by atoms with E-state index in [1.807, 2.05) is 66.7 Å². The van der Waals surface area contributed by atoms with E-state index in [2.05, 4.69) is 6.07 Å². The molecule has 0 bridgehead atoms. The van der Waals surface area contributed by atoms with Crippen molar-refractivity contribution in [3.63, 3.8) is 0 Å². The topological polar surface area (TPSA) is 55.8 Å². The molecule has 0 saturated heterocycles. The molecule has 4 nitrogen and oxygen atoms in total. The minimum atomic E-state index is 0.0205. The van der Waals surface area contributed by atoms with Gasteiger partial charge in [-0.1, -0.05) is 60.7 Å². The van der Waals surface area contributed by atoms with Crippen LogP contribution in [0.25, 0.3) is 11.1 Å². The van der Waals surface area contributed by atoms with E-state index in [1.54, 1.807) is 7.11 Å². The number of methoxy groups -OCH3 is 1. The summed E-state index contributed by atoms with van der Waals surface area (Å²) in [7, 11) is 1.66. The Morgan fingerprint density at radius 1 is 0.833 bits per heavy atom. The maximum Gasteiger partial charge on any atom is 0.193 e. The molecule has 1 N–H and O–H groups in total. The number of hydrogen-bond acceptors (Lipinski definition) is 4. The third-order valence-electron chi connectivity index (χ3n) is 5.00. The first-order valence-corrected chi connectivity index (χ1v) is 10.3. The molecule has 0 aromatic heterocycles. The van der Waals surface area contributed by atoms with Crippen LogP contribution in [0.4, 0.5) is 0 Å². The van der Waals surface area contributed by atoms with Gasteiger partial charge in [-0.3, -0.25) is 4.79 Å². The molecule has 0 radical (unpaired) electrons. The molecule has 156 valence electrons. The Bertz CT molecular complexity index is 933. The van der Waals surface area contributed by atoms with E-state index < -0.39 is 0 Å². The number of carbonyl (C=O) groups excluding carboxylic acids is 1. The van der Waals surface area contributed by atoms with Gasteiger partial charge in [0.15, 0.2) is 5.78 Å². The van der Waals surface area contributed by atoms with Crippen molar-refractivity contribution in [2.45, 2.75) is 25.9 Å². The van der Waals surface area contributed by atoms with E-state index in [9.17, 15) is 4.79 Å². The fraction of sp³-hybridized carbons (Fsp3) is 0.269. The Balaban J connectivity index is 1.70. The second kappa shape index (κ2) is 11.3. The van der Waals surface area contributed by atoms with Gasteiger partial charge in [-0.2, -0.15) is 0 Å². The smallest absolute Gasteiger partial charge is 0.193 e. The van der Waals surface area contributed by atoms with Gasteiger partial charge in [-0.15, -0.1) is 0 Å². The highest BCUT2D eigenvalue weighted by molar-refractivity contribution is 6.09. The molecule has 3 rings (SSSR count). The minimum absolute atomic E-state index is 0.0205. The SMILES string of the molecule is COc1ccc(-c2ccc(C(=O)c3ccccc3)cc2)cc1COCCCCCO. The van der Waals surface area contributed by atoms with Crippen LogP contribution in [0.1, 0.15) is 40.7 Å². The summed E-state index contributed by atoms with van der Waals surface area (Å²) in [6.45, 7) is 1.36. The summed E-state index contributed by atoms with van der Waals surface area (Å²) in [5, 5.41) is 8.84. The first-order chi connectivity index (χ1) is 14.7. The highest BCUT2D eigenvalue weighted by atomic mass is 16.5. The number of ether oxygens (including phenoxy) is 2. The van der Waals surface area contributed by atoms with Crippen LogP contribution in [0, 0.1) is 0 Å². The highest BCUT2D eigenvalue weighted by Gasteiger charge is 2.10. The van der Waals surface area contributed by atoms with Crippen molar-refractivity contribution in [3.05, 3.63) is 89.5 Å². The Labute approximate surface area is 178 Å². The van der Waals surface area contributed by atoms with Gasteiger partial charge in [-0.25, -0.2) is 0 Å². The fourth-order valence-electron chi connectivity index (χ4n) is 3.32. The Morgan fingerprint density at radius 2 is 1.53 bits per heavy atom. The molecule has 0 heterocycles. The maximum absolute atomic E-state index is 12.6. The van der Waals surface area contributed by atoms with Crippen LogP contribution in [0.2, 0.25) is 0 Å². The van der Waals surface area contributed by atoms with Gasteiger partial charge < -0.3 is 14.6 Å². The predicted molar refractivity (Wildman–Crippen MR) is 119 cm³/mol. The number of hydrogen-bond donors (Lipinski definition) is 1. The van der Waals surface area contributed by atoms with E-state index in [4.69, 9.17) is 14.6 Å². The van der Waals surface area contributed by atoms with Crippen LogP contribution in [0.3, 0.4) is 0 Å². The first-order valence-electron chi connectivity index (χ1n) is 10.3. The van der Waals surface area contributed by atoms with Crippen LogP contribution in [-0.4, -0.2) is 31.2 Å². The van der Waals surface area contributed by atoms with Crippen molar-refractivity contribution in [2.24, 2.45) is 0 Å². The molecule has 0 atom stereocenters. The number of unbranched alkanes of at least 4 members (excludes halogenated alkanes) is 2. The second-order valence-electron chi connectivity index (χ2n) is 7.14. The molecular formula is C26H28O4. The number of aliphatic hydroxyl groups is 1. The summed E-state index contributed by atoms with van der Waals surface area (Å²) in [6, 6.07) is 23.0. The fourth-order valence-corrected chi connectivity index (χ4v) is 3.32. The zero-order valence-corrected chi connectivity index (χ0v) is 17.3. The van der Waals surface area contributed by atoms with Gasteiger partial charge in [-0.05, 0) is 42.5 Å². The molecule has 0 aliphatic heterocycles. The summed E-state index contributed by atoms with van der Waals surface area (Å²) < 4.78 is 11.3. The van der Waals surface area contributed by atoms with E-state index >= 15 is 0 Å². The average molecular weight is 405 g/mol. The quantitative estimate of drug-likeness (QED) is 0.349. The van der Waals surface area contributed by atoms with Crippen LogP contribution in [0.15, 0.2) is 72.8 Å². The maximum atomic E-state index is 12.6. The minimum Gasteiger partial charge on any atom is -0.496 e. The lowest BCUT2D eigenvalue weighted by atomic mass is 9.98. The third kappa shape index (κ3) is 5.78. The monoisotopic (exact) mass is 404 g/mol. The van der Waals surface area contributed by atoms with Gasteiger partial charge in [0.1, 0.15) is 5.75 Å². The van der Waals surface area contributed by atoms with E-state index in [-0.39, 0.29) is 12.4 Å². The van der Waals surface area contributed by atoms with Crippen molar-refractivity contribution in [3.8, 4) is 16.9 Å². The number of ketones is 1. The Kier molecular flexibility index (Phi) is 8.19. The van der Waals surface area contributed by atoms with Crippen molar-refractivity contribution in [2.75, 3.05) is 20.3 Å². The van der Waals surface area contributed by atoms with E-state index in [1.165, 1.54) is 0 Å². The molecule has 0 spiro atoms. The first kappa shape index (κ1) is 21.8. The standard InChI is InChI=1S/C26H28O4/c1-29-25-15-14-23(18-24(25)19-30-17-7-3-6-16-27)20-10-12-22(13-11-20)26(28)21-8-4-2-5-9-21/h2,4-5,8-15,18,27H,3,6-7,16-17,19H2,1H3. The van der Waals surface area contributed by atoms with Gasteiger partial charge in [0, 0.05) is 29.9 Å². The van der Waals surface area contributed by atoms with Crippen LogP contribution < -0.4 is 4.74 Å². The molecule has 3 aromatic rings. The lowest BCUT2D eigenvalue weighted by Crippen LogP contribution is -2.01. The van der Waals surface area contributed by atoms with Crippen molar-refractivity contribution in [1.29, 1.82) is 0 Å². The molecule has 0 saturated carbocycles. The van der Waals surface area contributed by atoms with E-state index in [0.717, 1.165) is 41.7 Å². The highest BCUT2D eigenvalue weighted by Crippen LogP contribution is 2.28. The molecule has 0 amide bonds. The van der Waals surface area contributed by atoms with Gasteiger partial charge in [0.2, 0.25) is 0 Å². The Morgan fingerprint density at radius 3 is 2.23 bits per heavy atom. The summed E-state index contributed by atoms with van der Waals surface area (Å²) >= 11 is 0. The normalized spacial score (nSPS) is 10.7. The van der Waals surface area contributed by atoms with Crippen LogP contribution >= 0.6 is 0 Å². The zero-order chi connectivity index (χ0) is 21.2. The Hall–Kier alpha value is -2.95. The van der Waals surface area contributed by atoms with Crippen LogP contribution in [-0.2, 0) is 11.3 Å². The summed E-state index contributed by atoms with van der Waals surface area (Å²) in [5.41, 5.74) is 4.43. The molecule has 0 aliphatic carbocycles. The lowest BCUT2D eigenvalue weighted by molar-refractivity contribution is 0.103. The average Bonchev–Trinajstić information content (AvgIpc) is 2.81. The second-order valence-corrected chi connectivity index (χ2v) is 7.14. The van der Waals surface area contributed by atoms with Crippen LogP contribution in [0.5, 0.6) is 5.75 Å². The van der Waals surface area contributed by atoms with Crippen molar-refractivity contribution >= 4 is 5.78 Å². The molecule has 0 aliphatic rings.